The molecule has 0 bridgehead atoms. The minimum absolute atomic E-state index is 0.0184. The minimum Gasteiger partial charge on any atom is -0.311 e. The largest absolute Gasteiger partial charge is 0.311 e. The molecule has 3 nitrogen and oxygen atoms in total. The molecule has 0 N–H and O–H groups in total. The summed E-state index contributed by atoms with van der Waals surface area (Å²) in [6, 6.07) is 46.9. The fourth-order valence-corrected chi connectivity index (χ4v) is 6.60. The van der Waals surface area contributed by atoms with E-state index < -0.39 is 5.82 Å². The van der Waals surface area contributed by atoms with Crippen molar-refractivity contribution < 1.29 is 4.39 Å². The number of nitrogens with zero attached hydrogens (tertiary/aromatic N) is 3. The number of fused-ring (bicyclic) bond motifs is 4. The molecule has 0 amide bonds. The average Bonchev–Trinajstić information content (AvgIpc) is 3.05. The lowest BCUT2D eigenvalue weighted by Gasteiger charge is -2.44. The van der Waals surface area contributed by atoms with Crippen molar-refractivity contribution in [3.8, 4) is 11.1 Å². The molecule has 2 heterocycles. The van der Waals surface area contributed by atoms with Crippen molar-refractivity contribution in [1.82, 2.24) is 0 Å². The molecule has 0 fully saturated rings. The zero-order valence-electron chi connectivity index (χ0n) is 22.6. The highest BCUT2D eigenvalue weighted by Gasteiger charge is 2.43. The van der Waals surface area contributed by atoms with Crippen LogP contribution in [0.15, 0.2) is 140 Å². The smallest absolute Gasteiger partial charge is 0.252 e. The monoisotopic (exact) mass is 539 g/mol. The normalized spacial score (nSPS) is 12.7. The Bertz CT molecular complexity index is 1920. The third-order valence-corrected chi connectivity index (χ3v) is 8.30. The van der Waals surface area contributed by atoms with Crippen molar-refractivity contribution >= 4 is 62.9 Å². The van der Waals surface area contributed by atoms with E-state index in [2.05, 4.69) is 124 Å². The zero-order valence-corrected chi connectivity index (χ0v) is 22.6. The molecular formula is C37H23BFN3. The molecule has 8 rings (SSSR count). The number of anilines is 6. The summed E-state index contributed by atoms with van der Waals surface area (Å²) in [5.74, 6) is -0.413. The van der Waals surface area contributed by atoms with Crippen LogP contribution in [0.5, 0.6) is 0 Å². The number of hydrogen-bond donors (Lipinski definition) is 0. The molecule has 6 aromatic rings. The van der Waals surface area contributed by atoms with E-state index in [9.17, 15) is 4.39 Å². The van der Waals surface area contributed by atoms with Crippen LogP contribution in [0.3, 0.4) is 0 Å². The lowest BCUT2D eigenvalue weighted by molar-refractivity contribution is 0.629. The molecule has 0 spiro atoms. The van der Waals surface area contributed by atoms with Crippen molar-refractivity contribution in [2.45, 2.75) is 0 Å². The second-order valence-corrected chi connectivity index (χ2v) is 10.6. The summed E-state index contributed by atoms with van der Waals surface area (Å²) in [5, 5.41) is 0. The van der Waals surface area contributed by atoms with E-state index in [0.717, 1.165) is 39.7 Å². The van der Waals surface area contributed by atoms with E-state index in [-0.39, 0.29) is 6.71 Å². The molecular weight excluding hydrogens is 516 g/mol. The minimum atomic E-state index is -0.413. The van der Waals surface area contributed by atoms with E-state index in [1.165, 1.54) is 28.5 Å². The number of halogens is 1. The average molecular weight is 539 g/mol. The predicted octanol–water partition coefficient (Wildman–Crippen LogP) is 8.13. The Hall–Kier alpha value is -5.60. The lowest BCUT2D eigenvalue weighted by Crippen LogP contribution is -2.61. The van der Waals surface area contributed by atoms with Gasteiger partial charge in [-0.25, -0.2) is 9.24 Å². The summed E-state index contributed by atoms with van der Waals surface area (Å²) in [6.45, 7) is 7.86. The second kappa shape index (κ2) is 9.50. The molecule has 0 aromatic heterocycles. The van der Waals surface area contributed by atoms with E-state index >= 15 is 0 Å². The van der Waals surface area contributed by atoms with Crippen LogP contribution in [0.2, 0.25) is 0 Å². The zero-order chi connectivity index (χ0) is 28.2. The van der Waals surface area contributed by atoms with E-state index in [0.29, 0.717) is 11.3 Å². The predicted molar refractivity (Wildman–Crippen MR) is 172 cm³/mol. The third-order valence-electron chi connectivity index (χ3n) is 8.30. The first-order valence-corrected chi connectivity index (χ1v) is 14.0. The first-order valence-electron chi connectivity index (χ1n) is 14.0. The lowest BCUT2D eigenvalue weighted by atomic mass is 9.33. The van der Waals surface area contributed by atoms with Crippen LogP contribution in [0, 0.1) is 12.4 Å². The Balaban J connectivity index is 1.52. The number of para-hydroxylation sites is 4. The van der Waals surface area contributed by atoms with Gasteiger partial charge in [0.25, 0.3) is 6.71 Å². The summed E-state index contributed by atoms with van der Waals surface area (Å²) in [4.78, 5) is 8.36. The SMILES string of the molecule is [C-]#[N+]c1cc(F)ccc1-c1cc2c3c(c1)N(c1ccccc1)c1ccccc1B3c1ccccc1N2c1ccccc1. The van der Waals surface area contributed by atoms with Gasteiger partial charge in [0.1, 0.15) is 5.82 Å². The molecule has 0 radical (unpaired) electrons. The molecule has 0 unspecified atom stereocenters. The van der Waals surface area contributed by atoms with Crippen molar-refractivity contribution in [1.29, 1.82) is 0 Å². The summed E-state index contributed by atoms with van der Waals surface area (Å²) in [7, 11) is 0. The maximum absolute atomic E-state index is 14.3. The van der Waals surface area contributed by atoms with Crippen LogP contribution in [-0.2, 0) is 0 Å². The van der Waals surface area contributed by atoms with Gasteiger partial charge >= 0.3 is 0 Å². The van der Waals surface area contributed by atoms with Crippen LogP contribution in [0.4, 0.5) is 44.2 Å². The highest BCUT2D eigenvalue weighted by Crippen LogP contribution is 2.46. The van der Waals surface area contributed by atoms with E-state index in [1.54, 1.807) is 6.07 Å². The van der Waals surface area contributed by atoms with Crippen LogP contribution in [0.1, 0.15) is 0 Å². The van der Waals surface area contributed by atoms with Gasteiger partial charge in [-0.3, -0.25) is 0 Å². The Kier molecular flexibility index (Phi) is 5.48. The Morgan fingerprint density at radius 3 is 1.57 bits per heavy atom. The topological polar surface area (TPSA) is 10.8 Å². The molecule has 196 valence electrons. The molecule has 2 aliphatic rings. The summed E-state index contributed by atoms with van der Waals surface area (Å²) >= 11 is 0. The van der Waals surface area contributed by atoms with Crippen molar-refractivity contribution in [3.63, 3.8) is 0 Å². The van der Waals surface area contributed by atoms with Gasteiger partial charge in [-0.1, -0.05) is 78.9 Å². The molecule has 5 heteroatoms. The van der Waals surface area contributed by atoms with E-state index in [1.807, 2.05) is 12.1 Å². The third kappa shape index (κ3) is 3.59. The first-order chi connectivity index (χ1) is 20.7. The standard InChI is InChI=1S/C37H23BFN3/c1-40-32-24-26(39)20-21-29(32)25-22-35-37-36(23-25)42(28-14-6-3-7-15-28)34-19-11-9-17-31(34)38(37)30-16-8-10-18-33(30)41(35)27-12-4-2-5-13-27/h2-24H. The fourth-order valence-electron chi connectivity index (χ4n) is 6.60. The molecule has 42 heavy (non-hydrogen) atoms. The molecule has 6 aromatic carbocycles. The maximum Gasteiger partial charge on any atom is 0.252 e. The fraction of sp³-hybridized carbons (Fsp3) is 0. The molecule has 2 aliphatic heterocycles. The Morgan fingerprint density at radius 1 is 0.548 bits per heavy atom. The van der Waals surface area contributed by atoms with Gasteiger partial charge in [-0.2, -0.15) is 0 Å². The van der Waals surface area contributed by atoms with Crippen LogP contribution >= 0.6 is 0 Å². The maximum atomic E-state index is 14.3. The summed E-state index contributed by atoms with van der Waals surface area (Å²) < 4.78 is 14.3. The van der Waals surface area contributed by atoms with Crippen LogP contribution in [-0.4, -0.2) is 6.71 Å². The first kappa shape index (κ1) is 24.2. The summed E-state index contributed by atoms with van der Waals surface area (Å²) in [6.07, 6.45) is 0. The van der Waals surface area contributed by atoms with Crippen molar-refractivity contribution in [3.05, 3.63) is 157 Å². The van der Waals surface area contributed by atoms with Gasteiger partial charge in [0, 0.05) is 34.1 Å². The highest BCUT2D eigenvalue weighted by atomic mass is 19.1. The molecule has 0 atom stereocenters. The Morgan fingerprint density at radius 2 is 1.05 bits per heavy atom. The number of hydrogen-bond acceptors (Lipinski definition) is 2. The van der Waals surface area contributed by atoms with Gasteiger partial charge in [0.15, 0.2) is 5.69 Å². The van der Waals surface area contributed by atoms with Crippen molar-refractivity contribution in [2.24, 2.45) is 0 Å². The quantitative estimate of drug-likeness (QED) is 0.166. The van der Waals surface area contributed by atoms with Gasteiger partial charge < -0.3 is 9.80 Å². The number of rotatable bonds is 3. The van der Waals surface area contributed by atoms with E-state index in [4.69, 9.17) is 6.57 Å². The van der Waals surface area contributed by atoms with Gasteiger partial charge in [-0.15, -0.1) is 0 Å². The van der Waals surface area contributed by atoms with Crippen molar-refractivity contribution in [2.75, 3.05) is 9.80 Å². The second-order valence-electron chi connectivity index (χ2n) is 10.6. The highest BCUT2D eigenvalue weighted by molar-refractivity contribution is 7.00. The van der Waals surface area contributed by atoms with Crippen LogP contribution in [0.25, 0.3) is 16.0 Å². The van der Waals surface area contributed by atoms with Gasteiger partial charge in [-0.05, 0) is 88.2 Å². The molecule has 0 aliphatic carbocycles. The summed E-state index contributed by atoms with van der Waals surface area (Å²) in [5.41, 5.74) is 12.0. The van der Waals surface area contributed by atoms with Gasteiger partial charge in [0.05, 0.1) is 6.57 Å². The van der Waals surface area contributed by atoms with Crippen LogP contribution < -0.4 is 26.2 Å². The number of benzene rings is 6. The van der Waals surface area contributed by atoms with Gasteiger partial charge in [0.2, 0.25) is 0 Å². The molecule has 0 saturated carbocycles. The molecule has 0 saturated heterocycles. The Labute approximate surface area is 244 Å².